The molecule has 3 rings (SSSR count). The van der Waals surface area contributed by atoms with Crippen LogP contribution in [0, 0.1) is 21.8 Å². The summed E-state index contributed by atoms with van der Waals surface area (Å²) in [4.78, 5) is 12.6. The summed E-state index contributed by atoms with van der Waals surface area (Å²) in [5.74, 6) is -0.353. The molecule has 0 saturated heterocycles. The van der Waals surface area contributed by atoms with E-state index in [1.54, 1.807) is 43.3 Å². The van der Waals surface area contributed by atoms with Crippen molar-refractivity contribution in [2.75, 3.05) is 11.9 Å². The van der Waals surface area contributed by atoms with Crippen LogP contribution >= 0.6 is 22.6 Å². The number of benzene rings is 3. The zero-order chi connectivity index (χ0) is 24.7. The molecule has 1 N–H and O–H groups in total. The Morgan fingerprint density at radius 3 is 2.41 bits per heavy atom. The molecule has 0 fully saturated rings. The van der Waals surface area contributed by atoms with Gasteiger partial charge in [0.15, 0.2) is 11.5 Å². The van der Waals surface area contributed by atoms with Crippen LogP contribution in [-0.2, 0) is 14.9 Å². The van der Waals surface area contributed by atoms with E-state index in [2.05, 4.69) is 5.32 Å². The summed E-state index contributed by atoms with van der Waals surface area (Å²) >= 11 is 1.93. The summed E-state index contributed by atoms with van der Waals surface area (Å²) in [6.07, 6.45) is 1.41. The van der Waals surface area contributed by atoms with E-state index in [0.717, 1.165) is 5.56 Å². The molecule has 174 valence electrons. The van der Waals surface area contributed by atoms with Crippen molar-refractivity contribution in [2.24, 2.45) is 0 Å². The van der Waals surface area contributed by atoms with Crippen LogP contribution in [0.25, 0.3) is 6.08 Å². The van der Waals surface area contributed by atoms with E-state index in [4.69, 9.17) is 8.92 Å². The number of nitrogens with one attached hydrogen (secondary N) is 1. The molecule has 34 heavy (non-hydrogen) atoms. The molecular weight excluding hydrogens is 567 g/mol. The standard InChI is InChI=1S/C25H21IN2O5S/c1-3-32-23-15-18(13-19(16-27)25(29)28-20-11-9-17(2)10-12-20)14-22(26)24(23)33-34(30,31)21-7-5-4-6-8-21/h4-15H,3H2,1-2H3,(H,28,29)/b19-13+. The van der Waals surface area contributed by atoms with Gasteiger partial charge in [-0.2, -0.15) is 13.7 Å². The van der Waals surface area contributed by atoms with Crippen LogP contribution in [0.1, 0.15) is 18.1 Å². The number of halogens is 1. The number of anilines is 1. The number of hydrogen-bond acceptors (Lipinski definition) is 6. The Morgan fingerprint density at radius 1 is 1.12 bits per heavy atom. The van der Waals surface area contributed by atoms with Crippen LogP contribution in [0.15, 0.2) is 77.2 Å². The van der Waals surface area contributed by atoms with Crippen LogP contribution in [0.3, 0.4) is 0 Å². The zero-order valence-corrected chi connectivity index (χ0v) is 21.4. The molecule has 3 aromatic carbocycles. The first-order chi connectivity index (χ1) is 16.2. The topological polar surface area (TPSA) is 105 Å². The Bertz CT molecular complexity index is 1360. The number of nitriles is 1. The fourth-order valence-electron chi connectivity index (χ4n) is 2.91. The maximum absolute atomic E-state index is 12.7. The van der Waals surface area contributed by atoms with Crippen molar-refractivity contribution in [3.63, 3.8) is 0 Å². The second-order valence-corrected chi connectivity index (χ2v) is 9.81. The van der Waals surface area contributed by atoms with Crippen molar-refractivity contribution in [3.8, 4) is 17.6 Å². The summed E-state index contributed by atoms with van der Waals surface area (Å²) in [7, 11) is -4.09. The van der Waals surface area contributed by atoms with Crippen molar-refractivity contribution in [2.45, 2.75) is 18.7 Å². The molecule has 0 aliphatic heterocycles. The van der Waals surface area contributed by atoms with Crippen LogP contribution in [0.2, 0.25) is 0 Å². The van der Waals surface area contributed by atoms with Gasteiger partial charge in [0.05, 0.1) is 10.2 Å². The average Bonchev–Trinajstić information content (AvgIpc) is 2.82. The summed E-state index contributed by atoms with van der Waals surface area (Å²) in [5.41, 5.74) is 1.97. The number of carbonyl (C=O) groups is 1. The number of amides is 1. The second kappa shape index (κ2) is 11.2. The van der Waals surface area contributed by atoms with Crippen molar-refractivity contribution >= 4 is 50.4 Å². The van der Waals surface area contributed by atoms with Crippen molar-refractivity contribution in [1.82, 2.24) is 0 Å². The largest absolute Gasteiger partial charge is 0.490 e. The van der Waals surface area contributed by atoms with Gasteiger partial charge in [-0.15, -0.1) is 0 Å². The van der Waals surface area contributed by atoms with Crippen molar-refractivity contribution in [3.05, 3.63) is 87.0 Å². The number of ether oxygens (including phenoxy) is 1. The predicted molar refractivity (Wildman–Crippen MR) is 138 cm³/mol. The van der Waals surface area contributed by atoms with Gasteiger partial charge in [-0.3, -0.25) is 4.79 Å². The van der Waals surface area contributed by atoms with Gasteiger partial charge in [0.1, 0.15) is 16.5 Å². The summed E-state index contributed by atoms with van der Waals surface area (Å²) in [6.45, 7) is 3.94. The molecule has 0 atom stereocenters. The first-order valence-corrected chi connectivity index (χ1v) is 12.7. The Balaban J connectivity index is 1.93. The lowest BCUT2D eigenvalue weighted by Crippen LogP contribution is -2.13. The van der Waals surface area contributed by atoms with E-state index in [1.807, 2.05) is 47.7 Å². The number of rotatable bonds is 8. The van der Waals surface area contributed by atoms with Gasteiger partial charge in [0.2, 0.25) is 0 Å². The van der Waals surface area contributed by atoms with Gasteiger partial charge < -0.3 is 14.2 Å². The molecule has 0 bridgehead atoms. The van der Waals surface area contributed by atoms with Gasteiger partial charge in [0.25, 0.3) is 5.91 Å². The first kappa shape index (κ1) is 25.3. The molecule has 0 aromatic heterocycles. The van der Waals surface area contributed by atoms with E-state index >= 15 is 0 Å². The van der Waals surface area contributed by atoms with Crippen LogP contribution < -0.4 is 14.2 Å². The molecule has 0 aliphatic rings. The molecule has 1 amide bonds. The van der Waals surface area contributed by atoms with E-state index < -0.39 is 16.0 Å². The lowest BCUT2D eigenvalue weighted by Gasteiger charge is -2.14. The van der Waals surface area contributed by atoms with Gasteiger partial charge in [0, 0.05) is 5.69 Å². The zero-order valence-electron chi connectivity index (χ0n) is 18.4. The smallest absolute Gasteiger partial charge is 0.339 e. The van der Waals surface area contributed by atoms with Crippen LogP contribution in [0.4, 0.5) is 5.69 Å². The maximum atomic E-state index is 12.7. The third kappa shape index (κ3) is 6.36. The monoisotopic (exact) mass is 588 g/mol. The third-order valence-corrected chi connectivity index (χ3v) is 6.58. The molecule has 7 nitrogen and oxygen atoms in total. The number of hydrogen-bond donors (Lipinski definition) is 1. The fourth-order valence-corrected chi connectivity index (χ4v) is 4.77. The van der Waals surface area contributed by atoms with Gasteiger partial charge in [-0.25, -0.2) is 0 Å². The Hall–Kier alpha value is -3.36. The lowest BCUT2D eigenvalue weighted by molar-refractivity contribution is -0.112. The van der Waals surface area contributed by atoms with Gasteiger partial charge in [-0.1, -0.05) is 35.9 Å². The molecule has 0 radical (unpaired) electrons. The summed E-state index contributed by atoms with van der Waals surface area (Å²) in [6, 6.07) is 20.0. The highest BCUT2D eigenvalue weighted by Gasteiger charge is 2.22. The normalized spacial score (nSPS) is 11.4. The molecule has 3 aromatic rings. The van der Waals surface area contributed by atoms with Gasteiger partial charge >= 0.3 is 10.1 Å². The highest BCUT2D eigenvalue weighted by atomic mass is 127. The minimum atomic E-state index is -4.09. The van der Waals surface area contributed by atoms with Crippen molar-refractivity contribution in [1.29, 1.82) is 5.26 Å². The molecule has 0 spiro atoms. The SMILES string of the molecule is CCOc1cc(/C=C(\C#N)C(=O)Nc2ccc(C)cc2)cc(I)c1OS(=O)(=O)c1ccccc1. The fraction of sp³-hybridized carbons (Fsp3) is 0.120. The highest BCUT2D eigenvalue weighted by Crippen LogP contribution is 2.37. The van der Waals surface area contributed by atoms with Crippen LogP contribution in [-0.4, -0.2) is 20.9 Å². The number of nitrogens with zero attached hydrogens (tertiary/aromatic N) is 1. The highest BCUT2D eigenvalue weighted by molar-refractivity contribution is 14.1. The third-order valence-electron chi connectivity index (χ3n) is 4.54. The molecule has 0 heterocycles. The maximum Gasteiger partial charge on any atom is 0.339 e. The Morgan fingerprint density at radius 2 is 1.79 bits per heavy atom. The van der Waals surface area contributed by atoms with E-state index in [1.165, 1.54) is 24.3 Å². The second-order valence-electron chi connectivity index (χ2n) is 7.10. The minimum Gasteiger partial charge on any atom is -0.490 e. The van der Waals surface area contributed by atoms with E-state index in [9.17, 15) is 18.5 Å². The summed E-state index contributed by atoms with van der Waals surface area (Å²) in [5, 5.41) is 12.2. The Kier molecular flexibility index (Phi) is 8.31. The summed E-state index contributed by atoms with van der Waals surface area (Å²) < 4.78 is 36.9. The first-order valence-electron chi connectivity index (χ1n) is 10.2. The molecule has 9 heteroatoms. The minimum absolute atomic E-state index is 0.0109. The molecule has 0 unspecified atom stereocenters. The van der Waals surface area contributed by atoms with E-state index in [0.29, 0.717) is 14.8 Å². The Labute approximate surface area is 212 Å². The average molecular weight is 588 g/mol. The molecule has 0 aliphatic carbocycles. The molecular formula is C25H21IN2O5S. The molecule has 0 saturated carbocycles. The quantitative estimate of drug-likeness (QED) is 0.166. The number of carbonyl (C=O) groups excluding carboxylic acids is 1. The van der Waals surface area contributed by atoms with Gasteiger partial charge in [-0.05, 0) is 84.5 Å². The predicted octanol–water partition coefficient (Wildman–Crippen LogP) is 5.31. The number of aryl methyl sites for hydroxylation is 1. The van der Waals surface area contributed by atoms with E-state index in [-0.39, 0.29) is 28.6 Å². The van der Waals surface area contributed by atoms with Crippen LogP contribution in [0.5, 0.6) is 11.5 Å². The van der Waals surface area contributed by atoms with Crippen molar-refractivity contribution < 1.29 is 22.1 Å². The lowest BCUT2D eigenvalue weighted by atomic mass is 10.1.